The first-order valence-electron chi connectivity index (χ1n) is 6.50. The number of benzene rings is 1. The monoisotopic (exact) mass is 332 g/mol. The Kier molecular flexibility index (Phi) is 6.47. The lowest BCUT2D eigenvalue weighted by Crippen LogP contribution is -2.45. The average molecular weight is 334 g/mol. The Morgan fingerprint density at radius 2 is 2.11 bits per heavy atom. The van der Waals surface area contributed by atoms with Gasteiger partial charge in [0.05, 0.1) is 5.02 Å². The molecule has 0 aliphatic heterocycles. The van der Waals surface area contributed by atoms with Gasteiger partial charge in [-0.25, -0.2) is 0 Å². The Labute approximate surface area is 123 Å². The molecule has 1 rings (SSSR count). The van der Waals surface area contributed by atoms with Crippen molar-refractivity contribution in [1.82, 2.24) is 0 Å². The number of halogens is 2. The molecule has 2 nitrogen and oxygen atoms in total. The van der Waals surface area contributed by atoms with E-state index in [1.807, 2.05) is 18.2 Å². The maximum atomic E-state index is 6.00. The second-order valence-corrected chi connectivity index (χ2v) is 5.96. The van der Waals surface area contributed by atoms with Crippen molar-refractivity contribution in [2.75, 3.05) is 11.9 Å². The van der Waals surface area contributed by atoms with Crippen LogP contribution in [0.3, 0.4) is 0 Å². The van der Waals surface area contributed by atoms with Gasteiger partial charge < -0.3 is 11.1 Å². The van der Waals surface area contributed by atoms with E-state index in [-0.39, 0.29) is 5.54 Å². The average Bonchev–Trinajstić information content (AvgIpc) is 2.39. The zero-order valence-electron chi connectivity index (χ0n) is 11.1. The quantitative estimate of drug-likeness (QED) is 0.751. The van der Waals surface area contributed by atoms with Crippen LogP contribution in [0.5, 0.6) is 0 Å². The normalized spacial score (nSPS) is 14.3. The summed E-state index contributed by atoms with van der Waals surface area (Å²) in [6.07, 6.45) is 4.49. The molecule has 0 amide bonds. The maximum absolute atomic E-state index is 6.00. The molecule has 102 valence electrons. The van der Waals surface area contributed by atoms with Gasteiger partial charge in [0.25, 0.3) is 0 Å². The highest BCUT2D eigenvalue weighted by molar-refractivity contribution is 9.10. The predicted octanol–water partition coefficient (Wildman–Crippen LogP) is 4.81. The summed E-state index contributed by atoms with van der Waals surface area (Å²) in [6.45, 7) is 5.03. The summed E-state index contributed by atoms with van der Waals surface area (Å²) in [5.41, 5.74) is 7.03. The Morgan fingerprint density at radius 1 is 1.39 bits per heavy atom. The summed E-state index contributed by atoms with van der Waals surface area (Å²) in [6, 6.07) is 5.90. The molecule has 3 N–H and O–H groups in total. The minimum Gasteiger partial charge on any atom is -0.378 e. The van der Waals surface area contributed by atoms with Crippen LogP contribution in [0.2, 0.25) is 5.02 Å². The SMILES string of the molecule is CCCCC(CC)(CN)Nc1ccc(Cl)c(Br)c1. The fourth-order valence-electron chi connectivity index (χ4n) is 2.02. The van der Waals surface area contributed by atoms with Crippen molar-refractivity contribution >= 4 is 33.2 Å². The molecule has 0 heterocycles. The molecule has 0 aromatic heterocycles. The van der Waals surface area contributed by atoms with Gasteiger partial charge in [-0.15, -0.1) is 0 Å². The number of hydrogen-bond acceptors (Lipinski definition) is 2. The Bertz CT molecular complexity index is 378. The van der Waals surface area contributed by atoms with E-state index in [1.54, 1.807) is 0 Å². The minimum absolute atomic E-state index is 0.0106. The van der Waals surface area contributed by atoms with Crippen LogP contribution >= 0.6 is 27.5 Å². The van der Waals surface area contributed by atoms with E-state index in [2.05, 4.69) is 35.1 Å². The van der Waals surface area contributed by atoms with Crippen LogP contribution in [0.25, 0.3) is 0 Å². The summed E-state index contributed by atoms with van der Waals surface area (Å²) in [5, 5.41) is 4.31. The Hall–Kier alpha value is -0.250. The highest BCUT2D eigenvalue weighted by Crippen LogP contribution is 2.29. The van der Waals surface area contributed by atoms with Crippen molar-refractivity contribution < 1.29 is 0 Å². The molecule has 1 unspecified atom stereocenters. The van der Waals surface area contributed by atoms with Crippen molar-refractivity contribution in [1.29, 1.82) is 0 Å². The summed E-state index contributed by atoms with van der Waals surface area (Å²) < 4.78 is 0.909. The van der Waals surface area contributed by atoms with Crippen LogP contribution in [0.4, 0.5) is 5.69 Å². The highest BCUT2D eigenvalue weighted by atomic mass is 79.9. The largest absolute Gasteiger partial charge is 0.378 e. The van der Waals surface area contributed by atoms with E-state index in [4.69, 9.17) is 17.3 Å². The van der Waals surface area contributed by atoms with Crippen LogP contribution in [0.1, 0.15) is 39.5 Å². The number of anilines is 1. The van der Waals surface area contributed by atoms with Gasteiger partial charge in [-0.05, 0) is 47.0 Å². The third kappa shape index (κ3) is 4.15. The zero-order valence-corrected chi connectivity index (χ0v) is 13.4. The van der Waals surface area contributed by atoms with Gasteiger partial charge in [-0.2, -0.15) is 0 Å². The molecule has 1 aromatic rings. The number of unbranched alkanes of at least 4 members (excludes halogenated alkanes) is 1. The molecule has 0 aliphatic carbocycles. The Morgan fingerprint density at radius 3 is 2.61 bits per heavy atom. The fourth-order valence-corrected chi connectivity index (χ4v) is 2.52. The lowest BCUT2D eigenvalue weighted by Gasteiger charge is -2.34. The van der Waals surface area contributed by atoms with Crippen molar-refractivity contribution in [2.45, 2.75) is 45.1 Å². The standard InChI is InChI=1S/C14H22BrClN2/c1-3-5-8-14(4-2,10-17)18-11-6-7-13(16)12(15)9-11/h6-7,9,18H,3-5,8,10,17H2,1-2H3. The smallest absolute Gasteiger partial charge is 0.0549 e. The first kappa shape index (κ1) is 15.8. The molecule has 0 spiro atoms. The van der Waals surface area contributed by atoms with E-state index in [0.717, 1.165) is 28.0 Å². The van der Waals surface area contributed by atoms with Gasteiger partial charge >= 0.3 is 0 Å². The molecule has 0 aliphatic rings. The lowest BCUT2D eigenvalue weighted by molar-refractivity contribution is 0.411. The van der Waals surface area contributed by atoms with Gasteiger partial charge in [-0.3, -0.25) is 0 Å². The first-order chi connectivity index (χ1) is 8.56. The number of rotatable bonds is 7. The van der Waals surface area contributed by atoms with Crippen molar-refractivity contribution in [2.24, 2.45) is 5.73 Å². The summed E-state index contributed by atoms with van der Waals surface area (Å²) in [5.74, 6) is 0. The van der Waals surface area contributed by atoms with Crippen LogP contribution in [-0.4, -0.2) is 12.1 Å². The van der Waals surface area contributed by atoms with Crippen molar-refractivity contribution in [3.8, 4) is 0 Å². The lowest BCUT2D eigenvalue weighted by atomic mass is 9.89. The number of nitrogens with one attached hydrogen (secondary N) is 1. The van der Waals surface area contributed by atoms with Crippen LogP contribution < -0.4 is 11.1 Å². The molecular formula is C14H22BrClN2. The van der Waals surface area contributed by atoms with E-state index >= 15 is 0 Å². The van der Waals surface area contributed by atoms with E-state index in [0.29, 0.717) is 6.54 Å². The van der Waals surface area contributed by atoms with E-state index in [1.165, 1.54) is 12.8 Å². The zero-order chi connectivity index (χ0) is 13.6. The molecule has 0 saturated heterocycles. The second kappa shape index (κ2) is 7.37. The molecule has 4 heteroatoms. The number of nitrogens with two attached hydrogens (primary N) is 1. The molecular weight excluding hydrogens is 312 g/mol. The van der Waals surface area contributed by atoms with Crippen molar-refractivity contribution in [3.63, 3.8) is 0 Å². The van der Waals surface area contributed by atoms with Crippen LogP contribution in [-0.2, 0) is 0 Å². The fraction of sp³-hybridized carbons (Fsp3) is 0.571. The summed E-state index contributed by atoms with van der Waals surface area (Å²) >= 11 is 9.45. The molecule has 0 bridgehead atoms. The highest BCUT2D eigenvalue weighted by Gasteiger charge is 2.25. The van der Waals surface area contributed by atoms with Gasteiger partial charge in [0.2, 0.25) is 0 Å². The van der Waals surface area contributed by atoms with E-state index < -0.39 is 0 Å². The maximum Gasteiger partial charge on any atom is 0.0549 e. The third-order valence-corrected chi connectivity index (χ3v) is 4.62. The van der Waals surface area contributed by atoms with Crippen LogP contribution in [0, 0.1) is 0 Å². The minimum atomic E-state index is -0.0106. The van der Waals surface area contributed by atoms with Gasteiger partial charge in [0.1, 0.15) is 0 Å². The van der Waals surface area contributed by atoms with Crippen LogP contribution in [0.15, 0.2) is 22.7 Å². The van der Waals surface area contributed by atoms with Gasteiger partial charge in [-0.1, -0.05) is 38.3 Å². The molecule has 1 aromatic carbocycles. The molecule has 0 radical (unpaired) electrons. The van der Waals surface area contributed by atoms with Gasteiger partial charge in [0.15, 0.2) is 0 Å². The Balaban J connectivity index is 2.84. The molecule has 0 saturated carbocycles. The second-order valence-electron chi connectivity index (χ2n) is 4.70. The topological polar surface area (TPSA) is 38.0 Å². The van der Waals surface area contributed by atoms with Gasteiger partial charge in [0, 0.05) is 22.2 Å². The molecule has 0 fully saturated rings. The predicted molar refractivity (Wildman–Crippen MR) is 84.4 cm³/mol. The molecule has 18 heavy (non-hydrogen) atoms. The summed E-state index contributed by atoms with van der Waals surface area (Å²) in [4.78, 5) is 0. The third-order valence-electron chi connectivity index (χ3n) is 3.41. The van der Waals surface area contributed by atoms with Crippen molar-refractivity contribution in [3.05, 3.63) is 27.7 Å². The molecule has 1 atom stereocenters. The van der Waals surface area contributed by atoms with E-state index in [9.17, 15) is 0 Å². The first-order valence-corrected chi connectivity index (χ1v) is 7.67. The number of hydrogen-bond donors (Lipinski definition) is 2. The summed E-state index contributed by atoms with van der Waals surface area (Å²) in [7, 11) is 0.